The van der Waals surface area contributed by atoms with Crippen LogP contribution in [-0.4, -0.2) is 28.9 Å². The normalized spacial score (nSPS) is 18.5. The van der Waals surface area contributed by atoms with Crippen LogP contribution in [0.4, 0.5) is 4.39 Å². The van der Waals surface area contributed by atoms with Gasteiger partial charge in [-0.3, -0.25) is 9.59 Å². The molecule has 2 heterocycles. The molecule has 1 amide bonds. The minimum atomic E-state index is -0.250. The first-order valence-corrected chi connectivity index (χ1v) is 9.48. The molecule has 1 unspecified atom stereocenters. The number of ether oxygens (including phenoxy) is 1. The molecule has 0 aromatic heterocycles. The molecule has 1 fully saturated rings. The van der Waals surface area contributed by atoms with Crippen molar-refractivity contribution < 1.29 is 23.8 Å². The zero-order valence-electron chi connectivity index (χ0n) is 15.6. The van der Waals surface area contributed by atoms with E-state index in [0.717, 1.165) is 47.9 Å². The van der Waals surface area contributed by atoms with Gasteiger partial charge in [0.1, 0.15) is 5.82 Å². The van der Waals surface area contributed by atoms with Crippen LogP contribution >= 0.6 is 0 Å². The molecule has 2 aliphatic heterocycles. The number of carbonyl (C=O) groups excluding carboxylic acids is 1. The lowest BCUT2D eigenvalue weighted by molar-refractivity contribution is -0.122. The van der Waals surface area contributed by atoms with E-state index < -0.39 is 0 Å². The van der Waals surface area contributed by atoms with Crippen LogP contribution in [-0.2, 0) is 22.7 Å². The van der Waals surface area contributed by atoms with Gasteiger partial charge in [0.2, 0.25) is 0 Å². The zero-order chi connectivity index (χ0) is 19.9. The highest BCUT2D eigenvalue weighted by atomic mass is 19.1. The van der Waals surface area contributed by atoms with Crippen LogP contribution in [0, 0.1) is 5.82 Å². The summed E-state index contributed by atoms with van der Waals surface area (Å²) in [4.78, 5) is 23.7. The minimum absolute atomic E-state index is 0.0403. The summed E-state index contributed by atoms with van der Waals surface area (Å²) in [5.74, 6) is -0.207. The maximum Gasteiger partial charge on any atom is 0.290 e. The number of fused-ring (bicyclic) bond motifs is 1. The zero-order valence-corrected chi connectivity index (χ0v) is 15.6. The maximum atomic E-state index is 13.7. The third kappa shape index (κ3) is 4.39. The fraction of sp³-hybridized carbons (Fsp3) is 0.364. The van der Waals surface area contributed by atoms with Crippen molar-refractivity contribution in [3.8, 4) is 0 Å². The molecular weight excluding hydrogens is 361 g/mol. The lowest BCUT2D eigenvalue weighted by atomic mass is 9.98. The molecule has 0 aliphatic carbocycles. The topological polar surface area (TPSA) is 66.8 Å². The van der Waals surface area contributed by atoms with Crippen LogP contribution < -0.4 is 0 Å². The lowest BCUT2D eigenvalue weighted by Gasteiger charge is -2.31. The minimum Gasteiger partial charge on any atom is -0.483 e. The predicted molar refractivity (Wildman–Crippen MR) is 102 cm³/mol. The number of nitrogens with zero attached hydrogens (tertiary/aromatic N) is 1. The quantitative estimate of drug-likeness (QED) is 0.782. The SMILES string of the molecule is O=C(c1cccc2c1COC2)N1CCCCCC1c1cccc(F)c1.O=CO. The highest BCUT2D eigenvalue weighted by Gasteiger charge is 2.30. The van der Waals surface area contributed by atoms with E-state index >= 15 is 0 Å². The average Bonchev–Trinajstić information content (AvgIpc) is 3.04. The Morgan fingerprint density at radius 3 is 2.71 bits per heavy atom. The van der Waals surface area contributed by atoms with Gasteiger partial charge < -0.3 is 14.7 Å². The molecule has 0 radical (unpaired) electrons. The fourth-order valence-electron chi connectivity index (χ4n) is 3.97. The Labute approximate surface area is 163 Å². The second kappa shape index (κ2) is 9.46. The highest BCUT2D eigenvalue weighted by Crippen LogP contribution is 2.33. The van der Waals surface area contributed by atoms with E-state index in [0.29, 0.717) is 19.8 Å². The molecule has 28 heavy (non-hydrogen) atoms. The van der Waals surface area contributed by atoms with Crippen molar-refractivity contribution in [1.29, 1.82) is 0 Å². The molecule has 0 spiro atoms. The van der Waals surface area contributed by atoms with Gasteiger partial charge in [-0.1, -0.05) is 37.1 Å². The lowest BCUT2D eigenvalue weighted by Crippen LogP contribution is -2.35. The maximum absolute atomic E-state index is 13.7. The summed E-state index contributed by atoms with van der Waals surface area (Å²) in [6.45, 7) is 1.53. The van der Waals surface area contributed by atoms with Gasteiger partial charge >= 0.3 is 0 Å². The van der Waals surface area contributed by atoms with E-state index in [2.05, 4.69) is 0 Å². The molecule has 2 aromatic carbocycles. The van der Waals surface area contributed by atoms with Gasteiger partial charge in [0.25, 0.3) is 12.4 Å². The van der Waals surface area contributed by atoms with E-state index in [4.69, 9.17) is 14.6 Å². The summed E-state index contributed by atoms with van der Waals surface area (Å²) in [5, 5.41) is 6.89. The van der Waals surface area contributed by atoms with E-state index in [9.17, 15) is 9.18 Å². The first-order valence-electron chi connectivity index (χ1n) is 9.48. The Kier molecular flexibility index (Phi) is 6.76. The monoisotopic (exact) mass is 385 g/mol. The van der Waals surface area contributed by atoms with Crippen LogP contribution in [0.1, 0.15) is 58.8 Å². The standard InChI is InChI=1S/C21H22FNO2.CH2O2/c22-17-8-4-6-15(12-17)20-10-2-1-3-11-23(20)21(24)18-9-5-7-16-13-25-14-19(16)18;2-1-3/h4-9,12,20H,1-3,10-11,13-14H2;1H,(H,2,3). The first kappa shape index (κ1) is 20.0. The molecule has 5 nitrogen and oxygen atoms in total. The summed E-state index contributed by atoms with van der Waals surface area (Å²) in [6, 6.07) is 12.4. The third-order valence-corrected chi connectivity index (χ3v) is 5.25. The van der Waals surface area contributed by atoms with Gasteiger partial charge in [0, 0.05) is 12.1 Å². The Morgan fingerprint density at radius 1 is 1.14 bits per heavy atom. The van der Waals surface area contributed by atoms with Crippen molar-refractivity contribution >= 4 is 12.4 Å². The number of halogens is 1. The largest absolute Gasteiger partial charge is 0.483 e. The number of benzene rings is 2. The van der Waals surface area contributed by atoms with Gasteiger partial charge in [-0.25, -0.2) is 4.39 Å². The molecule has 4 rings (SSSR count). The molecule has 1 N–H and O–H groups in total. The van der Waals surface area contributed by atoms with Gasteiger partial charge in [0.05, 0.1) is 19.3 Å². The van der Waals surface area contributed by atoms with Gasteiger partial charge in [-0.15, -0.1) is 0 Å². The fourth-order valence-corrected chi connectivity index (χ4v) is 3.97. The van der Waals surface area contributed by atoms with E-state index in [1.165, 1.54) is 6.07 Å². The molecule has 148 valence electrons. The Balaban J connectivity index is 0.000000706. The Hall–Kier alpha value is -2.73. The number of carboxylic acid groups (broad SMARTS) is 1. The number of likely N-dealkylation sites (tertiary alicyclic amines) is 1. The van der Waals surface area contributed by atoms with Gasteiger partial charge in [0.15, 0.2) is 0 Å². The smallest absolute Gasteiger partial charge is 0.290 e. The van der Waals surface area contributed by atoms with Gasteiger partial charge in [-0.05, 0) is 47.7 Å². The molecule has 6 heteroatoms. The average molecular weight is 385 g/mol. The molecule has 2 aliphatic rings. The van der Waals surface area contributed by atoms with Crippen LogP contribution in [0.15, 0.2) is 42.5 Å². The third-order valence-electron chi connectivity index (χ3n) is 5.25. The van der Waals surface area contributed by atoms with Crippen molar-refractivity contribution in [2.45, 2.75) is 44.9 Å². The second-order valence-corrected chi connectivity index (χ2v) is 6.96. The molecule has 0 bridgehead atoms. The van der Waals surface area contributed by atoms with Crippen molar-refractivity contribution in [2.75, 3.05) is 6.54 Å². The molecular formula is C22H24FNO4. The molecule has 2 aromatic rings. The van der Waals surface area contributed by atoms with Crippen LogP contribution in [0.25, 0.3) is 0 Å². The highest BCUT2D eigenvalue weighted by molar-refractivity contribution is 5.96. The number of hydrogen-bond acceptors (Lipinski definition) is 3. The van der Waals surface area contributed by atoms with Crippen molar-refractivity contribution in [2.24, 2.45) is 0 Å². The number of rotatable bonds is 2. The van der Waals surface area contributed by atoms with Crippen LogP contribution in [0.2, 0.25) is 0 Å². The van der Waals surface area contributed by atoms with E-state index in [-0.39, 0.29) is 24.2 Å². The number of hydrogen-bond donors (Lipinski definition) is 1. The number of carbonyl (C=O) groups is 2. The summed E-state index contributed by atoms with van der Waals surface area (Å²) in [6.07, 6.45) is 4.02. The first-order chi connectivity index (χ1) is 13.7. The molecule has 1 saturated heterocycles. The van der Waals surface area contributed by atoms with Gasteiger partial charge in [-0.2, -0.15) is 0 Å². The van der Waals surface area contributed by atoms with E-state index in [1.54, 1.807) is 12.1 Å². The summed E-state index contributed by atoms with van der Waals surface area (Å²) < 4.78 is 19.3. The molecule has 0 saturated carbocycles. The van der Waals surface area contributed by atoms with Crippen molar-refractivity contribution in [3.63, 3.8) is 0 Å². The predicted octanol–water partition coefficient (Wildman–Crippen LogP) is 4.31. The van der Waals surface area contributed by atoms with E-state index in [1.807, 2.05) is 29.2 Å². The summed E-state index contributed by atoms with van der Waals surface area (Å²) in [7, 11) is 0. The van der Waals surface area contributed by atoms with Crippen LogP contribution in [0.3, 0.4) is 0 Å². The summed E-state index contributed by atoms with van der Waals surface area (Å²) >= 11 is 0. The Bertz CT molecular complexity index is 839. The van der Waals surface area contributed by atoms with Crippen molar-refractivity contribution in [3.05, 3.63) is 70.5 Å². The number of amides is 1. The Morgan fingerprint density at radius 2 is 1.93 bits per heavy atom. The molecule has 1 atom stereocenters. The van der Waals surface area contributed by atoms with Crippen LogP contribution in [0.5, 0.6) is 0 Å². The van der Waals surface area contributed by atoms with Crippen molar-refractivity contribution in [1.82, 2.24) is 4.90 Å². The second-order valence-electron chi connectivity index (χ2n) is 6.96. The summed E-state index contributed by atoms with van der Waals surface area (Å²) in [5.41, 5.74) is 3.73.